The molecule has 0 saturated carbocycles. The molecule has 0 bridgehead atoms. The van der Waals surface area contributed by atoms with Gasteiger partial charge < -0.3 is 9.47 Å². The third-order valence-electron chi connectivity index (χ3n) is 3.45. The van der Waals surface area contributed by atoms with Crippen LogP contribution in [0.1, 0.15) is 31.8 Å². The molecule has 2 aromatic carbocycles. The Hall–Kier alpha value is -3.35. The molecule has 0 aromatic heterocycles. The summed E-state index contributed by atoms with van der Waals surface area (Å²) in [5.41, 5.74) is 7.24. The zero-order chi connectivity index (χ0) is 19.1. The Morgan fingerprint density at radius 2 is 1.46 bits per heavy atom. The molecular weight excluding hydrogens is 336 g/mol. The van der Waals surface area contributed by atoms with Crippen molar-refractivity contribution in [2.75, 3.05) is 13.7 Å². The molecular formula is C19H20N2O5. The van der Waals surface area contributed by atoms with Crippen LogP contribution in [0.25, 0.3) is 0 Å². The third kappa shape index (κ3) is 5.34. The van der Waals surface area contributed by atoms with E-state index in [1.54, 1.807) is 0 Å². The number of nitrogens with one attached hydrogen (secondary N) is 2. The molecule has 0 heterocycles. The molecule has 7 nitrogen and oxygen atoms in total. The lowest BCUT2D eigenvalue weighted by Gasteiger charge is -2.10. The van der Waals surface area contributed by atoms with Crippen LogP contribution in [0.2, 0.25) is 0 Å². The van der Waals surface area contributed by atoms with Crippen LogP contribution in [0.15, 0.2) is 42.5 Å². The molecule has 2 rings (SSSR count). The number of ether oxygens (including phenoxy) is 2. The van der Waals surface area contributed by atoms with Crippen LogP contribution in [0.3, 0.4) is 0 Å². The highest BCUT2D eigenvalue weighted by molar-refractivity contribution is 5.97. The number of rotatable bonds is 5. The number of carbonyl (C=O) groups is 3. The number of hydrogen-bond donors (Lipinski definition) is 2. The SMILES string of the molecule is COC(=O)c1ccc(C(=O)NNC(=O)COc2cc(C)cc(C)c2)cc1. The van der Waals surface area contributed by atoms with Gasteiger partial charge in [-0.15, -0.1) is 0 Å². The molecule has 26 heavy (non-hydrogen) atoms. The number of hydrogen-bond acceptors (Lipinski definition) is 5. The summed E-state index contributed by atoms with van der Waals surface area (Å²) in [5, 5.41) is 0. The lowest BCUT2D eigenvalue weighted by molar-refractivity contribution is -0.123. The summed E-state index contributed by atoms with van der Waals surface area (Å²) in [4.78, 5) is 35.1. The molecule has 0 unspecified atom stereocenters. The summed E-state index contributed by atoms with van der Waals surface area (Å²) in [6, 6.07) is 11.5. The number of carbonyl (C=O) groups excluding carboxylic acids is 3. The zero-order valence-corrected chi connectivity index (χ0v) is 14.8. The van der Waals surface area contributed by atoms with Crippen molar-refractivity contribution in [2.24, 2.45) is 0 Å². The van der Waals surface area contributed by atoms with Gasteiger partial charge in [-0.3, -0.25) is 20.4 Å². The van der Waals surface area contributed by atoms with Gasteiger partial charge >= 0.3 is 5.97 Å². The van der Waals surface area contributed by atoms with E-state index in [1.165, 1.54) is 31.4 Å². The fourth-order valence-corrected chi connectivity index (χ4v) is 2.28. The van der Waals surface area contributed by atoms with Crippen molar-refractivity contribution in [3.8, 4) is 5.75 Å². The summed E-state index contributed by atoms with van der Waals surface area (Å²) in [6.07, 6.45) is 0. The van der Waals surface area contributed by atoms with Gasteiger partial charge in [0.2, 0.25) is 0 Å². The highest BCUT2D eigenvalue weighted by Gasteiger charge is 2.10. The second kappa shape index (κ2) is 8.66. The van der Waals surface area contributed by atoms with E-state index in [1.807, 2.05) is 32.0 Å². The summed E-state index contributed by atoms with van der Waals surface area (Å²) < 4.78 is 9.99. The Morgan fingerprint density at radius 1 is 0.885 bits per heavy atom. The molecule has 0 aliphatic heterocycles. The summed E-state index contributed by atoms with van der Waals surface area (Å²) in [7, 11) is 1.28. The third-order valence-corrected chi connectivity index (χ3v) is 3.45. The summed E-state index contributed by atoms with van der Waals surface area (Å²) in [5.74, 6) is -0.916. The van der Waals surface area contributed by atoms with Crippen molar-refractivity contribution in [1.82, 2.24) is 10.9 Å². The van der Waals surface area contributed by atoms with E-state index in [0.717, 1.165) is 11.1 Å². The van der Waals surface area contributed by atoms with E-state index in [9.17, 15) is 14.4 Å². The van der Waals surface area contributed by atoms with Gasteiger partial charge in [-0.1, -0.05) is 6.07 Å². The molecule has 0 spiro atoms. The summed E-state index contributed by atoms with van der Waals surface area (Å²) in [6.45, 7) is 3.64. The monoisotopic (exact) mass is 356 g/mol. The van der Waals surface area contributed by atoms with Gasteiger partial charge in [-0.2, -0.15) is 0 Å². The predicted octanol–water partition coefficient (Wildman–Crippen LogP) is 1.93. The minimum atomic E-state index is -0.513. The second-order valence-electron chi connectivity index (χ2n) is 5.68. The molecule has 0 atom stereocenters. The van der Waals surface area contributed by atoms with E-state index >= 15 is 0 Å². The Bertz CT molecular complexity index is 795. The molecule has 2 aromatic rings. The molecule has 0 radical (unpaired) electrons. The second-order valence-corrected chi connectivity index (χ2v) is 5.68. The molecule has 2 N–H and O–H groups in total. The first-order valence-electron chi connectivity index (χ1n) is 7.87. The quantitative estimate of drug-likeness (QED) is 0.631. The minimum absolute atomic E-state index is 0.232. The predicted molar refractivity (Wildman–Crippen MR) is 94.8 cm³/mol. The Morgan fingerprint density at radius 3 is 2.04 bits per heavy atom. The maximum absolute atomic E-state index is 12.0. The van der Waals surface area contributed by atoms with Crippen molar-refractivity contribution in [2.45, 2.75) is 13.8 Å². The lowest BCUT2D eigenvalue weighted by atomic mass is 10.1. The van der Waals surface area contributed by atoms with Crippen molar-refractivity contribution < 1.29 is 23.9 Å². The van der Waals surface area contributed by atoms with E-state index in [0.29, 0.717) is 11.3 Å². The molecule has 7 heteroatoms. The minimum Gasteiger partial charge on any atom is -0.484 e. The van der Waals surface area contributed by atoms with Gasteiger partial charge in [-0.05, 0) is 61.4 Å². The van der Waals surface area contributed by atoms with Crippen molar-refractivity contribution in [3.63, 3.8) is 0 Å². The first-order valence-corrected chi connectivity index (χ1v) is 7.87. The molecule has 0 aliphatic carbocycles. The molecule has 0 aliphatic rings. The van der Waals surface area contributed by atoms with Gasteiger partial charge in [0, 0.05) is 5.56 Å². The Labute approximate surface area is 151 Å². The number of esters is 1. The number of methoxy groups -OCH3 is 1. The molecule has 136 valence electrons. The van der Waals surface area contributed by atoms with Gasteiger partial charge in [0.15, 0.2) is 6.61 Å². The van der Waals surface area contributed by atoms with Crippen LogP contribution in [0.4, 0.5) is 0 Å². The standard InChI is InChI=1S/C19H20N2O5/c1-12-8-13(2)10-16(9-12)26-11-17(22)20-21-18(23)14-4-6-15(7-5-14)19(24)25-3/h4-10H,11H2,1-3H3,(H,20,22)(H,21,23). The normalized spacial score (nSPS) is 9.96. The van der Waals surface area contributed by atoms with Crippen molar-refractivity contribution >= 4 is 17.8 Å². The topological polar surface area (TPSA) is 93.7 Å². The van der Waals surface area contributed by atoms with Crippen LogP contribution >= 0.6 is 0 Å². The smallest absolute Gasteiger partial charge is 0.337 e. The van der Waals surface area contributed by atoms with Crippen LogP contribution in [0, 0.1) is 13.8 Å². The molecule has 2 amide bonds. The molecule has 0 fully saturated rings. The Kier molecular flexibility index (Phi) is 6.32. The van der Waals surface area contributed by atoms with E-state index in [4.69, 9.17) is 4.74 Å². The fourth-order valence-electron chi connectivity index (χ4n) is 2.28. The van der Waals surface area contributed by atoms with Crippen LogP contribution < -0.4 is 15.6 Å². The van der Waals surface area contributed by atoms with Gasteiger partial charge in [0.05, 0.1) is 12.7 Å². The number of amides is 2. The average Bonchev–Trinajstić information content (AvgIpc) is 2.63. The highest BCUT2D eigenvalue weighted by atomic mass is 16.5. The van der Waals surface area contributed by atoms with E-state index in [2.05, 4.69) is 15.6 Å². The lowest BCUT2D eigenvalue weighted by Crippen LogP contribution is -2.43. The summed E-state index contributed by atoms with van der Waals surface area (Å²) >= 11 is 0. The van der Waals surface area contributed by atoms with Gasteiger partial charge in [0.25, 0.3) is 11.8 Å². The van der Waals surface area contributed by atoms with Crippen LogP contribution in [-0.4, -0.2) is 31.5 Å². The van der Waals surface area contributed by atoms with E-state index < -0.39 is 17.8 Å². The largest absolute Gasteiger partial charge is 0.484 e. The average molecular weight is 356 g/mol. The van der Waals surface area contributed by atoms with Gasteiger partial charge in [-0.25, -0.2) is 4.79 Å². The first-order chi connectivity index (χ1) is 12.4. The first kappa shape index (κ1) is 19.0. The molecule has 0 saturated heterocycles. The van der Waals surface area contributed by atoms with Gasteiger partial charge in [0.1, 0.15) is 5.75 Å². The fraction of sp³-hybridized carbons (Fsp3) is 0.211. The highest BCUT2D eigenvalue weighted by Crippen LogP contribution is 2.15. The van der Waals surface area contributed by atoms with Crippen molar-refractivity contribution in [3.05, 3.63) is 64.7 Å². The zero-order valence-electron chi connectivity index (χ0n) is 14.8. The maximum atomic E-state index is 12.0. The maximum Gasteiger partial charge on any atom is 0.337 e. The van der Waals surface area contributed by atoms with Crippen LogP contribution in [0.5, 0.6) is 5.75 Å². The number of aryl methyl sites for hydroxylation is 2. The number of hydrazine groups is 1. The van der Waals surface area contributed by atoms with E-state index in [-0.39, 0.29) is 12.2 Å². The van der Waals surface area contributed by atoms with Crippen molar-refractivity contribution in [1.29, 1.82) is 0 Å². The van der Waals surface area contributed by atoms with Crippen LogP contribution in [-0.2, 0) is 9.53 Å². The number of benzene rings is 2. The Balaban J connectivity index is 1.82.